The van der Waals surface area contributed by atoms with Gasteiger partial charge in [-0.2, -0.15) is 0 Å². The standard InChI is InChI=1S/C57H48N2/c1-57(2)51-23-8-7-20-44(51)47-21-11-22-48(56(47)57)55-46-31-29-42(58-32-12-18-38-15-5-9-24-52(38)58)35-49(46)54(41-27-26-37-14-3-4-17-40(37)34-41)45-30-28-43(36-50(45)55)59-33-13-19-39-16-6-10-25-53(39)59/h3,5-11,14-16,20-31,34-36H,4,12-13,17-19,32-33H2,1-2H3. The summed E-state index contributed by atoms with van der Waals surface area (Å²) in [6.07, 6.45) is 11.4. The van der Waals surface area contributed by atoms with Crippen molar-refractivity contribution in [2.75, 3.05) is 22.9 Å². The first kappa shape index (κ1) is 34.6. The van der Waals surface area contributed by atoms with E-state index in [1.807, 2.05) is 0 Å². The van der Waals surface area contributed by atoms with Crippen molar-refractivity contribution in [3.63, 3.8) is 0 Å². The maximum absolute atomic E-state index is 2.57. The van der Waals surface area contributed by atoms with E-state index in [2.05, 4.69) is 181 Å². The number of hydrogen-bond acceptors (Lipinski definition) is 2. The van der Waals surface area contributed by atoms with Gasteiger partial charge in [0.15, 0.2) is 0 Å². The van der Waals surface area contributed by atoms with E-state index in [0.717, 1.165) is 51.6 Å². The fraction of sp³-hybridized carbons (Fsp3) is 0.193. The normalized spacial score (nSPS) is 16.1. The van der Waals surface area contributed by atoms with E-state index in [1.165, 1.54) is 111 Å². The second-order valence-corrected chi connectivity index (χ2v) is 17.7. The van der Waals surface area contributed by atoms with Gasteiger partial charge in [-0.25, -0.2) is 0 Å². The zero-order valence-corrected chi connectivity index (χ0v) is 34.1. The lowest BCUT2D eigenvalue weighted by Crippen LogP contribution is -2.24. The maximum Gasteiger partial charge on any atom is 0.0443 e. The van der Waals surface area contributed by atoms with E-state index < -0.39 is 0 Å². The molecule has 286 valence electrons. The number of fused-ring (bicyclic) bond motifs is 8. The lowest BCUT2D eigenvalue weighted by Gasteiger charge is -2.33. The molecule has 0 fully saturated rings. The molecule has 2 heteroatoms. The van der Waals surface area contributed by atoms with Crippen LogP contribution in [-0.4, -0.2) is 13.1 Å². The summed E-state index contributed by atoms with van der Waals surface area (Å²) >= 11 is 0. The van der Waals surface area contributed by atoms with Crippen LogP contribution in [0.25, 0.3) is 61.0 Å². The number of aryl methyl sites for hydroxylation is 3. The molecule has 0 bridgehead atoms. The van der Waals surface area contributed by atoms with Gasteiger partial charge in [0.05, 0.1) is 0 Å². The highest BCUT2D eigenvalue weighted by molar-refractivity contribution is 6.23. The van der Waals surface area contributed by atoms with Crippen LogP contribution in [0.4, 0.5) is 22.7 Å². The molecule has 0 saturated carbocycles. The zero-order valence-electron chi connectivity index (χ0n) is 34.1. The molecular formula is C57H48N2. The van der Waals surface area contributed by atoms with E-state index in [0.29, 0.717) is 0 Å². The lowest BCUT2D eigenvalue weighted by molar-refractivity contribution is 0.662. The predicted octanol–water partition coefficient (Wildman–Crippen LogP) is 14.8. The Morgan fingerprint density at radius 1 is 0.475 bits per heavy atom. The predicted molar refractivity (Wildman–Crippen MR) is 251 cm³/mol. The molecule has 2 nitrogen and oxygen atoms in total. The van der Waals surface area contributed by atoms with E-state index in [4.69, 9.17) is 0 Å². The quantitative estimate of drug-likeness (QED) is 0.165. The molecule has 2 aliphatic carbocycles. The minimum Gasteiger partial charge on any atom is -0.341 e. The summed E-state index contributed by atoms with van der Waals surface area (Å²) in [7, 11) is 0. The molecule has 0 N–H and O–H groups in total. The first-order valence-corrected chi connectivity index (χ1v) is 21.8. The van der Waals surface area contributed by atoms with E-state index in [1.54, 1.807) is 0 Å². The fourth-order valence-electron chi connectivity index (χ4n) is 11.4. The summed E-state index contributed by atoms with van der Waals surface area (Å²) in [5.74, 6) is 0. The van der Waals surface area contributed by atoms with Crippen LogP contribution in [0.2, 0.25) is 0 Å². The molecule has 0 saturated heterocycles. The van der Waals surface area contributed by atoms with Crippen molar-refractivity contribution >= 4 is 50.4 Å². The Kier molecular flexibility index (Phi) is 7.83. The Morgan fingerprint density at radius 3 is 1.81 bits per heavy atom. The zero-order chi connectivity index (χ0) is 39.2. The molecule has 0 aromatic heterocycles. The Balaban J connectivity index is 1.20. The number of rotatable bonds is 4. The van der Waals surface area contributed by atoms with Crippen LogP contribution in [0, 0.1) is 0 Å². The van der Waals surface area contributed by atoms with E-state index in [9.17, 15) is 0 Å². The lowest BCUT2D eigenvalue weighted by atomic mass is 9.76. The number of anilines is 4. The second-order valence-electron chi connectivity index (χ2n) is 17.7. The van der Waals surface area contributed by atoms with Crippen LogP contribution in [0.3, 0.4) is 0 Å². The van der Waals surface area contributed by atoms with Gasteiger partial charge < -0.3 is 9.80 Å². The maximum atomic E-state index is 2.57. The van der Waals surface area contributed by atoms with Crippen molar-refractivity contribution in [3.8, 4) is 33.4 Å². The van der Waals surface area contributed by atoms with Gasteiger partial charge in [-0.1, -0.05) is 135 Å². The smallest absolute Gasteiger partial charge is 0.0443 e. The molecule has 8 aromatic carbocycles. The molecule has 8 aromatic rings. The third kappa shape index (κ3) is 5.32. The molecule has 0 atom stereocenters. The number of allylic oxidation sites excluding steroid dienone is 1. The second kappa shape index (κ2) is 13.3. The van der Waals surface area contributed by atoms with Gasteiger partial charge in [-0.3, -0.25) is 0 Å². The van der Waals surface area contributed by atoms with Crippen molar-refractivity contribution in [2.24, 2.45) is 0 Å². The van der Waals surface area contributed by atoms with Crippen LogP contribution >= 0.6 is 0 Å². The van der Waals surface area contributed by atoms with Gasteiger partial charge >= 0.3 is 0 Å². The molecule has 0 amide bonds. The molecule has 12 rings (SSSR count). The van der Waals surface area contributed by atoms with Crippen LogP contribution in [0.1, 0.15) is 66.5 Å². The molecule has 0 spiro atoms. The average Bonchev–Trinajstić information content (AvgIpc) is 3.53. The first-order chi connectivity index (χ1) is 29.0. The molecule has 4 aliphatic rings. The summed E-state index contributed by atoms with van der Waals surface area (Å²) < 4.78 is 0. The average molecular weight is 761 g/mol. The van der Waals surface area contributed by atoms with E-state index in [-0.39, 0.29) is 5.41 Å². The van der Waals surface area contributed by atoms with Crippen molar-refractivity contribution < 1.29 is 0 Å². The van der Waals surface area contributed by atoms with Gasteiger partial charge in [0.2, 0.25) is 0 Å². The molecule has 0 radical (unpaired) electrons. The highest BCUT2D eigenvalue weighted by Crippen LogP contribution is 2.55. The van der Waals surface area contributed by atoms with Gasteiger partial charge in [-0.05, 0) is 163 Å². The van der Waals surface area contributed by atoms with Crippen molar-refractivity contribution in [1.82, 2.24) is 0 Å². The summed E-state index contributed by atoms with van der Waals surface area (Å²) in [6, 6.07) is 56.3. The van der Waals surface area contributed by atoms with Crippen molar-refractivity contribution in [3.05, 3.63) is 185 Å². The summed E-state index contributed by atoms with van der Waals surface area (Å²) in [4.78, 5) is 5.14. The molecule has 0 unspecified atom stereocenters. The van der Waals surface area contributed by atoms with Gasteiger partial charge in [0.25, 0.3) is 0 Å². The minimum absolute atomic E-state index is 0.160. The molecular weight excluding hydrogens is 713 g/mol. The number of benzene rings is 8. The van der Waals surface area contributed by atoms with Gasteiger partial charge in [0, 0.05) is 41.3 Å². The number of nitrogens with zero attached hydrogens (tertiary/aromatic N) is 2. The van der Waals surface area contributed by atoms with Crippen molar-refractivity contribution in [1.29, 1.82) is 0 Å². The summed E-state index contributed by atoms with van der Waals surface area (Å²) in [6.45, 7) is 6.90. The summed E-state index contributed by atoms with van der Waals surface area (Å²) in [5.41, 5.74) is 21.6. The SMILES string of the molecule is CC1(C)c2ccccc2-c2cccc(-c3c4ccc(N5CCCc6ccccc65)cc4c(-c4ccc5c(c4)CCC=C5)c4ccc(N5CCCc6ccccc65)cc34)c21. The van der Waals surface area contributed by atoms with Crippen LogP contribution in [-0.2, 0) is 24.7 Å². The monoisotopic (exact) mass is 760 g/mol. The Hall–Kier alpha value is -6.38. The largest absolute Gasteiger partial charge is 0.341 e. The fourth-order valence-corrected chi connectivity index (χ4v) is 11.4. The van der Waals surface area contributed by atoms with Crippen LogP contribution in [0.15, 0.2) is 152 Å². The molecule has 59 heavy (non-hydrogen) atoms. The van der Waals surface area contributed by atoms with Crippen LogP contribution in [0.5, 0.6) is 0 Å². The number of para-hydroxylation sites is 2. The highest BCUT2D eigenvalue weighted by atomic mass is 15.1. The minimum atomic E-state index is -0.160. The number of hydrogen-bond donors (Lipinski definition) is 0. The van der Waals surface area contributed by atoms with Gasteiger partial charge in [-0.15, -0.1) is 0 Å². The highest BCUT2D eigenvalue weighted by Gasteiger charge is 2.38. The van der Waals surface area contributed by atoms with Crippen molar-refractivity contribution in [2.45, 2.75) is 57.8 Å². The molecule has 2 heterocycles. The third-order valence-corrected chi connectivity index (χ3v) is 14.1. The van der Waals surface area contributed by atoms with E-state index >= 15 is 0 Å². The van der Waals surface area contributed by atoms with Crippen LogP contribution < -0.4 is 9.80 Å². The molecule has 2 aliphatic heterocycles. The Labute approximate surface area is 348 Å². The Morgan fingerprint density at radius 2 is 1.08 bits per heavy atom. The van der Waals surface area contributed by atoms with Gasteiger partial charge in [0.1, 0.15) is 0 Å². The Bertz CT molecular complexity index is 3050. The third-order valence-electron chi connectivity index (χ3n) is 14.1. The summed E-state index contributed by atoms with van der Waals surface area (Å²) in [5, 5.41) is 5.27. The first-order valence-electron chi connectivity index (χ1n) is 21.8. The topological polar surface area (TPSA) is 6.48 Å².